The molecule has 3 rings (SSSR count). The van der Waals surface area contributed by atoms with E-state index in [-0.39, 0.29) is 5.91 Å². The number of thiazole rings is 1. The van der Waals surface area contributed by atoms with Crippen LogP contribution in [0.4, 0.5) is 10.7 Å². The van der Waals surface area contributed by atoms with Gasteiger partial charge in [-0.25, -0.2) is 4.98 Å². The van der Waals surface area contributed by atoms with Gasteiger partial charge in [-0.15, -0.1) is 11.3 Å². The third-order valence-electron chi connectivity index (χ3n) is 3.07. The van der Waals surface area contributed by atoms with Gasteiger partial charge in [-0.1, -0.05) is 0 Å². The zero-order valence-corrected chi connectivity index (χ0v) is 13.5. The molecule has 2 heterocycles. The van der Waals surface area contributed by atoms with Crippen LogP contribution in [0.1, 0.15) is 21.1 Å². The molecule has 3 aromatic rings. The van der Waals surface area contributed by atoms with E-state index in [0.29, 0.717) is 5.56 Å². The average Bonchev–Trinajstić information content (AvgIpc) is 2.99. The molecular formula is C14H14N4OS2. The summed E-state index contributed by atoms with van der Waals surface area (Å²) in [5, 5.41) is 7.73. The van der Waals surface area contributed by atoms with Crippen molar-refractivity contribution >= 4 is 49.7 Å². The molecule has 2 aromatic heterocycles. The van der Waals surface area contributed by atoms with Crippen molar-refractivity contribution in [2.75, 3.05) is 17.7 Å². The first-order valence-corrected chi connectivity index (χ1v) is 8.00. The summed E-state index contributed by atoms with van der Waals surface area (Å²) in [6.45, 7) is 3.81. The summed E-state index contributed by atoms with van der Waals surface area (Å²) in [6, 6.07) is 5.74. The highest BCUT2D eigenvalue weighted by atomic mass is 32.1. The van der Waals surface area contributed by atoms with Crippen molar-refractivity contribution in [3.05, 3.63) is 34.5 Å². The Morgan fingerprint density at radius 3 is 2.86 bits per heavy atom. The van der Waals surface area contributed by atoms with Gasteiger partial charge in [0.2, 0.25) is 0 Å². The second kappa shape index (κ2) is 5.42. The van der Waals surface area contributed by atoms with Gasteiger partial charge in [0.05, 0.1) is 26.5 Å². The zero-order chi connectivity index (χ0) is 15.0. The SMILES string of the molecule is CNc1snc(C)c1C(=O)Nc1ccc2nc(C)sc2c1. The van der Waals surface area contributed by atoms with E-state index in [1.807, 2.05) is 32.0 Å². The van der Waals surface area contributed by atoms with Crippen LogP contribution in [0, 0.1) is 13.8 Å². The Labute approximate surface area is 130 Å². The number of nitrogens with one attached hydrogen (secondary N) is 2. The third-order valence-corrected chi connectivity index (χ3v) is 4.96. The fraction of sp³-hybridized carbons (Fsp3) is 0.214. The lowest BCUT2D eigenvalue weighted by atomic mass is 10.2. The summed E-state index contributed by atoms with van der Waals surface area (Å²) in [6.07, 6.45) is 0. The van der Waals surface area contributed by atoms with E-state index in [2.05, 4.69) is 20.0 Å². The maximum absolute atomic E-state index is 12.4. The minimum absolute atomic E-state index is 0.147. The van der Waals surface area contributed by atoms with E-state index < -0.39 is 0 Å². The number of hydrogen-bond donors (Lipinski definition) is 2. The molecule has 1 aromatic carbocycles. The second-order valence-corrected chi connectivity index (χ2v) is 6.60. The van der Waals surface area contributed by atoms with Crippen LogP contribution >= 0.6 is 22.9 Å². The summed E-state index contributed by atoms with van der Waals surface area (Å²) in [5.74, 6) is -0.147. The number of fused-ring (bicyclic) bond motifs is 1. The van der Waals surface area contributed by atoms with E-state index in [9.17, 15) is 4.79 Å². The summed E-state index contributed by atoms with van der Waals surface area (Å²) < 4.78 is 5.28. The largest absolute Gasteiger partial charge is 0.378 e. The van der Waals surface area contributed by atoms with Crippen molar-refractivity contribution < 1.29 is 4.79 Å². The number of nitrogens with zero attached hydrogens (tertiary/aromatic N) is 2. The quantitative estimate of drug-likeness (QED) is 0.773. The molecule has 0 bridgehead atoms. The van der Waals surface area contributed by atoms with Gasteiger partial charge in [-0.3, -0.25) is 4.79 Å². The lowest BCUT2D eigenvalue weighted by molar-refractivity contribution is 0.102. The molecule has 7 heteroatoms. The number of aromatic nitrogens is 2. The maximum atomic E-state index is 12.4. The van der Waals surface area contributed by atoms with Crippen molar-refractivity contribution in [2.45, 2.75) is 13.8 Å². The van der Waals surface area contributed by atoms with Gasteiger partial charge in [0.1, 0.15) is 5.00 Å². The normalized spacial score (nSPS) is 10.8. The van der Waals surface area contributed by atoms with Gasteiger partial charge in [0, 0.05) is 12.7 Å². The molecule has 2 N–H and O–H groups in total. The Morgan fingerprint density at radius 2 is 2.10 bits per heavy atom. The maximum Gasteiger partial charge on any atom is 0.260 e. The molecule has 0 aliphatic rings. The molecule has 0 fully saturated rings. The predicted octanol–water partition coefficient (Wildman–Crippen LogP) is 3.66. The second-order valence-electron chi connectivity index (χ2n) is 4.59. The van der Waals surface area contributed by atoms with Crippen LogP contribution in [-0.4, -0.2) is 22.3 Å². The van der Waals surface area contributed by atoms with Crippen LogP contribution in [0.3, 0.4) is 0 Å². The third kappa shape index (κ3) is 2.62. The molecule has 0 spiro atoms. The predicted molar refractivity (Wildman–Crippen MR) is 88.7 cm³/mol. The average molecular weight is 318 g/mol. The Balaban J connectivity index is 1.90. The van der Waals surface area contributed by atoms with Gasteiger partial charge < -0.3 is 10.6 Å². The molecule has 21 heavy (non-hydrogen) atoms. The first-order valence-electron chi connectivity index (χ1n) is 6.41. The van der Waals surface area contributed by atoms with Crippen molar-refractivity contribution in [2.24, 2.45) is 0 Å². The lowest BCUT2D eigenvalue weighted by Crippen LogP contribution is -2.13. The van der Waals surface area contributed by atoms with E-state index in [1.54, 1.807) is 18.4 Å². The van der Waals surface area contributed by atoms with Crippen LogP contribution in [-0.2, 0) is 0 Å². The molecule has 0 saturated carbocycles. The molecular weight excluding hydrogens is 304 g/mol. The molecule has 0 unspecified atom stereocenters. The number of anilines is 2. The smallest absolute Gasteiger partial charge is 0.260 e. The van der Waals surface area contributed by atoms with Crippen molar-refractivity contribution in [1.82, 2.24) is 9.36 Å². The number of benzene rings is 1. The van der Waals surface area contributed by atoms with Crippen LogP contribution in [0.5, 0.6) is 0 Å². The Morgan fingerprint density at radius 1 is 1.29 bits per heavy atom. The van der Waals surface area contributed by atoms with Crippen LogP contribution < -0.4 is 10.6 Å². The molecule has 0 saturated heterocycles. The Hall–Kier alpha value is -1.99. The van der Waals surface area contributed by atoms with Gasteiger partial charge in [0.15, 0.2) is 0 Å². The summed E-state index contributed by atoms with van der Waals surface area (Å²) in [7, 11) is 1.79. The Bertz CT molecular complexity index is 822. The molecule has 5 nitrogen and oxygen atoms in total. The molecule has 0 radical (unpaired) electrons. The lowest BCUT2D eigenvalue weighted by Gasteiger charge is -2.06. The highest BCUT2D eigenvalue weighted by Crippen LogP contribution is 2.27. The first-order chi connectivity index (χ1) is 10.1. The number of amides is 1. The number of hydrogen-bond acceptors (Lipinski definition) is 6. The van der Waals surface area contributed by atoms with Crippen molar-refractivity contribution in [3.63, 3.8) is 0 Å². The van der Waals surface area contributed by atoms with E-state index in [0.717, 1.165) is 31.6 Å². The van der Waals surface area contributed by atoms with Gasteiger partial charge >= 0.3 is 0 Å². The number of carbonyl (C=O) groups is 1. The highest BCUT2D eigenvalue weighted by molar-refractivity contribution is 7.18. The topological polar surface area (TPSA) is 66.9 Å². The fourth-order valence-corrected chi connectivity index (χ4v) is 3.73. The first kappa shape index (κ1) is 14.0. The summed E-state index contributed by atoms with van der Waals surface area (Å²) in [4.78, 5) is 16.8. The standard InChI is InChI=1S/C14H14N4OS2/c1-7-12(14(15-3)21-18-7)13(19)17-9-4-5-10-11(6-9)20-8(2)16-10/h4-6,15H,1-3H3,(H,17,19). The highest BCUT2D eigenvalue weighted by Gasteiger charge is 2.18. The summed E-state index contributed by atoms with van der Waals surface area (Å²) in [5.41, 5.74) is 3.06. The van der Waals surface area contributed by atoms with Crippen LogP contribution in [0.15, 0.2) is 18.2 Å². The zero-order valence-electron chi connectivity index (χ0n) is 11.9. The molecule has 108 valence electrons. The number of aryl methyl sites for hydroxylation is 2. The van der Waals surface area contributed by atoms with Crippen LogP contribution in [0.25, 0.3) is 10.2 Å². The van der Waals surface area contributed by atoms with Crippen molar-refractivity contribution in [3.8, 4) is 0 Å². The van der Waals surface area contributed by atoms with E-state index >= 15 is 0 Å². The number of rotatable bonds is 3. The minimum atomic E-state index is -0.147. The monoisotopic (exact) mass is 318 g/mol. The van der Waals surface area contributed by atoms with Crippen LogP contribution in [0.2, 0.25) is 0 Å². The minimum Gasteiger partial charge on any atom is -0.378 e. The molecule has 0 atom stereocenters. The molecule has 0 aliphatic carbocycles. The van der Waals surface area contributed by atoms with E-state index in [4.69, 9.17) is 0 Å². The summed E-state index contributed by atoms with van der Waals surface area (Å²) >= 11 is 2.91. The molecule has 0 aliphatic heterocycles. The van der Waals surface area contributed by atoms with Gasteiger partial charge in [-0.2, -0.15) is 4.37 Å². The van der Waals surface area contributed by atoms with Crippen molar-refractivity contribution in [1.29, 1.82) is 0 Å². The Kier molecular flexibility index (Phi) is 3.60. The van der Waals surface area contributed by atoms with Gasteiger partial charge in [-0.05, 0) is 43.6 Å². The van der Waals surface area contributed by atoms with Gasteiger partial charge in [0.25, 0.3) is 5.91 Å². The molecule has 1 amide bonds. The number of carbonyl (C=O) groups excluding carboxylic acids is 1. The fourth-order valence-electron chi connectivity index (χ4n) is 2.12. The van der Waals surface area contributed by atoms with E-state index in [1.165, 1.54) is 11.5 Å².